The third-order valence-electron chi connectivity index (χ3n) is 5.15. The number of hydrogen-bond donors (Lipinski definition) is 2. The molecule has 4 rings (SSSR count). The molecular formula is C22H21N3O3. The second-order valence-corrected chi connectivity index (χ2v) is 7.12. The van der Waals surface area contributed by atoms with E-state index in [9.17, 15) is 14.4 Å². The monoisotopic (exact) mass is 375 g/mol. The van der Waals surface area contributed by atoms with Crippen LogP contribution in [0.25, 0.3) is 10.9 Å². The summed E-state index contributed by atoms with van der Waals surface area (Å²) in [6, 6.07) is 16.9. The molecule has 0 spiro atoms. The molecule has 28 heavy (non-hydrogen) atoms. The molecule has 1 unspecified atom stereocenters. The Bertz CT molecular complexity index is 1060. The second kappa shape index (κ2) is 7.31. The van der Waals surface area contributed by atoms with E-state index in [0.717, 1.165) is 16.6 Å². The Hall–Kier alpha value is -3.41. The summed E-state index contributed by atoms with van der Waals surface area (Å²) in [5.74, 6) is -1.18. The largest absolute Gasteiger partial charge is 0.358 e. The highest BCUT2D eigenvalue weighted by molar-refractivity contribution is 6.45. The van der Waals surface area contributed by atoms with Crippen LogP contribution in [0.2, 0.25) is 0 Å². The zero-order valence-electron chi connectivity index (χ0n) is 15.6. The van der Waals surface area contributed by atoms with Gasteiger partial charge in [0, 0.05) is 47.7 Å². The lowest BCUT2D eigenvalue weighted by molar-refractivity contribution is -0.118. The number of nitrogens with zero attached hydrogens (tertiary/aromatic N) is 1. The van der Waals surface area contributed by atoms with Gasteiger partial charge in [0.25, 0.3) is 11.7 Å². The lowest BCUT2D eigenvalue weighted by atomic mass is 10.1. The molecule has 0 saturated carbocycles. The molecule has 3 aromatic rings. The number of fused-ring (bicyclic) bond motifs is 1. The minimum atomic E-state index is -0.640. The minimum absolute atomic E-state index is 0.0199. The summed E-state index contributed by atoms with van der Waals surface area (Å²) in [6.07, 6.45) is 0.357. The Kier molecular flexibility index (Phi) is 4.69. The highest BCUT2D eigenvalue weighted by atomic mass is 16.2. The lowest BCUT2D eigenvalue weighted by Gasteiger charge is -2.16. The maximum atomic E-state index is 12.7. The summed E-state index contributed by atoms with van der Waals surface area (Å²) in [6.45, 7) is 2.61. The van der Waals surface area contributed by atoms with Crippen LogP contribution in [0.1, 0.15) is 22.5 Å². The van der Waals surface area contributed by atoms with Gasteiger partial charge in [0.05, 0.1) is 5.56 Å². The van der Waals surface area contributed by atoms with Crippen LogP contribution < -0.4 is 10.2 Å². The first-order chi connectivity index (χ1) is 13.5. The van der Waals surface area contributed by atoms with Crippen LogP contribution in [0.3, 0.4) is 0 Å². The van der Waals surface area contributed by atoms with Crippen molar-refractivity contribution in [2.45, 2.75) is 13.3 Å². The number of Topliss-reactive ketones (excluding diaryl/α,β-unsaturated/α-hetero) is 1. The van der Waals surface area contributed by atoms with E-state index >= 15 is 0 Å². The number of rotatable bonds is 5. The molecule has 0 radical (unpaired) electrons. The van der Waals surface area contributed by atoms with Gasteiger partial charge in [-0.25, -0.2) is 0 Å². The van der Waals surface area contributed by atoms with Crippen LogP contribution in [0.15, 0.2) is 54.6 Å². The van der Waals surface area contributed by atoms with Crippen LogP contribution in [-0.4, -0.2) is 35.7 Å². The van der Waals surface area contributed by atoms with Gasteiger partial charge in [-0.3, -0.25) is 14.4 Å². The fraction of sp³-hybridized carbons (Fsp3) is 0.227. The van der Waals surface area contributed by atoms with Crippen LogP contribution in [-0.2, 0) is 9.59 Å². The molecule has 1 atom stereocenters. The number of aromatic amines is 1. The molecular weight excluding hydrogens is 354 g/mol. The fourth-order valence-corrected chi connectivity index (χ4v) is 3.78. The quantitative estimate of drug-likeness (QED) is 0.531. The maximum absolute atomic E-state index is 12.7. The molecule has 0 aliphatic carbocycles. The van der Waals surface area contributed by atoms with E-state index in [1.807, 2.05) is 54.6 Å². The SMILES string of the molecule is Cc1[nH]c2ccccc2c1C(=O)C(=O)NCC1CC(=O)N(c2ccccc2)C1. The smallest absolute Gasteiger partial charge is 0.292 e. The topological polar surface area (TPSA) is 82.3 Å². The Morgan fingerprint density at radius 1 is 1.11 bits per heavy atom. The van der Waals surface area contributed by atoms with Crippen molar-refractivity contribution in [3.8, 4) is 0 Å². The standard InChI is InChI=1S/C22H21N3O3/c1-14-20(17-9-5-6-10-18(17)24-14)21(27)22(28)23-12-15-11-19(26)25(13-15)16-7-3-2-4-8-16/h2-10,15,24H,11-13H2,1H3,(H,23,28). The number of aromatic nitrogens is 1. The van der Waals surface area contributed by atoms with Crippen molar-refractivity contribution in [2.24, 2.45) is 5.92 Å². The average molecular weight is 375 g/mol. The first kappa shape index (κ1) is 18.0. The van der Waals surface area contributed by atoms with Crippen LogP contribution in [0.5, 0.6) is 0 Å². The molecule has 6 heteroatoms. The van der Waals surface area contributed by atoms with E-state index in [-0.39, 0.29) is 11.8 Å². The number of nitrogens with one attached hydrogen (secondary N) is 2. The molecule has 1 fully saturated rings. The zero-order valence-corrected chi connectivity index (χ0v) is 15.6. The molecule has 2 amide bonds. The molecule has 2 N–H and O–H groups in total. The molecule has 2 aromatic carbocycles. The predicted octanol–water partition coefficient (Wildman–Crippen LogP) is 2.83. The van der Waals surface area contributed by atoms with Gasteiger partial charge in [-0.1, -0.05) is 36.4 Å². The number of carbonyl (C=O) groups is 3. The number of anilines is 1. The Morgan fingerprint density at radius 2 is 1.82 bits per heavy atom. The zero-order chi connectivity index (χ0) is 19.7. The summed E-state index contributed by atoms with van der Waals surface area (Å²) < 4.78 is 0. The molecule has 1 aliphatic heterocycles. The molecule has 1 aliphatic rings. The number of hydrogen-bond acceptors (Lipinski definition) is 3. The summed E-state index contributed by atoms with van der Waals surface area (Å²) in [5, 5.41) is 3.46. The van der Waals surface area contributed by atoms with Crippen LogP contribution in [0, 0.1) is 12.8 Å². The van der Waals surface area contributed by atoms with Crippen molar-refractivity contribution in [1.29, 1.82) is 0 Å². The van der Waals surface area contributed by atoms with Crippen LogP contribution >= 0.6 is 0 Å². The molecule has 142 valence electrons. The molecule has 6 nitrogen and oxygen atoms in total. The van der Waals surface area contributed by atoms with Crippen molar-refractivity contribution in [3.05, 3.63) is 65.9 Å². The highest BCUT2D eigenvalue weighted by Crippen LogP contribution is 2.25. The van der Waals surface area contributed by atoms with Gasteiger partial charge in [0.15, 0.2) is 0 Å². The first-order valence-electron chi connectivity index (χ1n) is 9.30. The number of H-pyrrole nitrogens is 1. The van der Waals surface area contributed by atoms with Gasteiger partial charge in [0.2, 0.25) is 5.91 Å². The van der Waals surface area contributed by atoms with E-state index in [0.29, 0.717) is 30.8 Å². The van der Waals surface area contributed by atoms with Crippen molar-refractivity contribution in [3.63, 3.8) is 0 Å². The normalized spacial score (nSPS) is 16.5. The molecule has 1 aromatic heterocycles. The Morgan fingerprint density at radius 3 is 2.61 bits per heavy atom. The number of benzene rings is 2. The number of para-hydroxylation sites is 2. The van der Waals surface area contributed by atoms with Crippen molar-refractivity contribution >= 4 is 34.2 Å². The van der Waals surface area contributed by atoms with Gasteiger partial charge in [-0.05, 0) is 25.1 Å². The van der Waals surface area contributed by atoms with Crippen molar-refractivity contribution < 1.29 is 14.4 Å². The Labute approximate surface area is 162 Å². The third kappa shape index (κ3) is 3.29. The highest BCUT2D eigenvalue weighted by Gasteiger charge is 2.31. The van der Waals surface area contributed by atoms with Gasteiger partial charge >= 0.3 is 0 Å². The van der Waals surface area contributed by atoms with Gasteiger partial charge in [0.1, 0.15) is 0 Å². The van der Waals surface area contributed by atoms with Gasteiger partial charge in [-0.2, -0.15) is 0 Å². The molecule has 2 heterocycles. The van der Waals surface area contributed by atoms with Gasteiger partial charge in [-0.15, -0.1) is 0 Å². The summed E-state index contributed by atoms with van der Waals surface area (Å²) in [4.78, 5) is 42.3. The number of carbonyl (C=O) groups excluding carboxylic acids is 3. The first-order valence-corrected chi connectivity index (χ1v) is 9.30. The van der Waals surface area contributed by atoms with E-state index < -0.39 is 11.7 Å². The number of aryl methyl sites for hydroxylation is 1. The summed E-state index contributed by atoms with van der Waals surface area (Å²) in [5.41, 5.74) is 2.76. The van der Waals surface area contributed by atoms with E-state index in [1.165, 1.54) is 0 Å². The second-order valence-electron chi connectivity index (χ2n) is 7.12. The van der Waals surface area contributed by atoms with Gasteiger partial charge < -0.3 is 15.2 Å². The molecule has 0 bridgehead atoms. The molecule has 1 saturated heterocycles. The predicted molar refractivity (Wildman–Crippen MR) is 107 cm³/mol. The van der Waals surface area contributed by atoms with E-state index in [2.05, 4.69) is 10.3 Å². The van der Waals surface area contributed by atoms with E-state index in [4.69, 9.17) is 0 Å². The number of ketones is 1. The van der Waals surface area contributed by atoms with Crippen molar-refractivity contribution in [1.82, 2.24) is 10.3 Å². The fourth-order valence-electron chi connectivity index (χ4n) is 3.78. The lowest BCUT2D eigenvalue weighted by Crippen LogP contribution is -2.36. The minimum Gasteiger partial charge on any atom is -0.358 e. The third-order valence-corrected chi connectivity index (χ3v) is 5.15. The summed E-state index contributed by atoms with van der Waals surface area (Å²) >= 11 is 0. The Balaban J connectivity index is 1.41. The van der Waals surface area contributed by atoms with E-state index in [1.54, 1.807) is 11.8 Å². The van der Waals surface area contributed by atoms with Crippen LogP contribution in [0.4, 0.5) is 5.69 Å². The number of amides is 2. The average Bonchev–Trinajstić information content (AvgIpc) is 3.25. The maximum Gasteiger partial charge on any atom is 0.292 e. The van der Waals surface area contributed by atoms with Crippen molar-refractivity contribution in [2.75, 3.05) is 18.0 Å². The summed E-state index contributed by atoms with van der Waals surface area (Å²) in [7, 11) is 0.